The largest absolute Gasteiger partial charge is 0.462 e. The summed E-state index contributed by atoms with van der Waals surface area (Å²) < 4.78 is 4.92. The lowest BCUT2D eigenvalue weighted by molar-refractivity contribution is -0.147. The van der Waals surface area contributed by atoms with Crippen molar-refractivity contribution in [1.82, 2.24) is 0 Å². The summed E-state index contributed by atoms with van der Waals surface area (Å²) in [5.74, 6) is 0.321. The lowest BCUT2D eigenvalue weighted by Gasteiger charge is -2.07. The fraction of sp³-hybridized carbons (Fsp3) is 0.833. The molecule has 0 aromatic rings. The summed E-state index contributed by atoms with van der Waals surface area (Å²) in [7, 11) is 0. The molecule has 1 aliphatic carbocycles. The number of hydrogen-bond acceptors (Lipinski definition) is 2. The third-order valence-corrected chi connectivity index (χ3v) is 2.00. The van der Waals surface area contributed by atoms with Gasteiger partial charge in [0.25, 0.3) is 0 Å². The highest BCUT2D eigenvalue weighted by Gasteiger charge is 2.40. The van der Waals surface area contributed by atoms with Gasteiger partial charge in [-0.25, -0.2) is 0 Å². The van der Waals surface area contributed by atoms with Crippen LogP contribution in [0.1, 0.15) is 19.3 Å². The number of fused-ring (bicyclic) bond motifs is 2. The Labute approximate surface area is 47.8 Å². The van der Waals surface area contributed by atoms with E-state index in [0.29, 0.717) is 6.10 Å². The first-order valence-corrected chi connectivity index (χ1v) is 3.07. The van der Waals surface area contributed by atoms with Crippen molar-refractivity contribution in [3.8, 4) is 0 Å². The number of carbonyl (C=O) groups excluding carboxylic acids is 1. The molecule has 2 atom stereocenters. The van der Waals surface area contributed by atoms with Crippen LogP contribution in [0.2, 0.25) is 0 Å². The summed E-state index contributed by atoms with van der Waals surface area (Å²) in [5.41, 5.74) is 0. The number of esters is 1. The van der Waals surface area contributed by atoms with E-state index in [1.807, 2.05) is 0 Å². The zero-order chi connectivity index (χ0) is 5.56. The minimum Gasteiger partial charge on any atom is -0.462 e. The number of carbonyl (C=O) groups is 1. The van der Waals surface area contributed by atoms with Crippen LogP contribution in [-0.4, -0.2) is 12.1 Å². The minimum atomic E-state index is 0.0428. The molecule has 0 amide bonds. The molecule has 1 saturated heterocycles. The molecule has 0 aromatic carbocycles. The topological polar surface area (TPSA) is 26.3 Å². The molecule has 2 nitrogen and oxygen atoms in total. The van der Waals surface area contributed by atoms with Crippen LogP contribution in [0.3, 0.4) is 0 Å². The van der Waals surface area contributed by atoms with E-state index in [9.17, 15) is 4.79 Å². The second-order valence-electron chi connectivity index (χ2n) is 2.57. The molecule has 1 aliphatic heterocycles. The van der Waals surface area contributed by atoms with Crippen LogP contribution >= 0.6 is 0 Å². The first-order valence-electron chi connectivity index (χ1n) is 3.07. The molecule has 0 radical (unpaired) electrons. The van der Waals surface area contributed by atoms with Crippen molar-refractivity contribution >= 4 is 5.97 Å². The highest BCUT2D eigenvalue weighted by molar-refractivity contribution is 5.75. The Hall–Kier alpha value is -0.530. The maximum atomic E-state index is 10.6. The second-order valence-corrected chi connectivity index (χ2v) is 2.57. The predicted molar refractivity (Wildman–Crippen MR) is 27.2 cm³/mol. The number of ether oxygens (including phenoxy) is 1. The molecule has 8 heavy (non-hydrogen) atoms. The van der Waals surface area contributed by atoms with E-state index < -0.39 is 0 Å². The molecule has 2 aliphatic rings. The number of rotatable bonds is 0. The quantitative estimate of drug-likeness (QED) is 0.431. The monoisotopic (exact) mass is 112 g/mol. The van der Waals surface area contributed by atoms with Crippen molar-refractivity contribution in [2.24, 2.45) is 5.92 Å². The summed E-state index contributed by atoms with van der Waals surface area (Å²) in [4.78, 5) is 10.6. The molecule has 1 heterocycles. The summed E-state index contributed by atoms with van der Waals surface area (Å²) in [6.45, 7) is 0. The molecule has 2 bridgehead atoms. The zero-order valence-electron chi connectivity index (χ0n) is 4.59. The Morgan fingerprint density at radius 3 is 2.62 bits per heavy atom. The van der Waals surface area contributed by atoms with Crippen LogP contribution in [0.25, 0.3) is 0 Å². The molecule has 2 heteroatoms. The van der Waals surface area contributed by atoms with Gasteiger partial charge in [-0.15, -0.1) is 0 Å². The maximum Gasteiger partial charge on any atom is 0.309 e. The lowest BCUT2D eigenvalue weighted by atomic mass is 10.1. The Bertz CT molecular complexity index is 130. The van der Waals surface area contributed by atoms with Crippen LogP contribution < -0.4 is 0 Å². The van der Waals surface area contributed by atoms with Gasteiger partial charge in [0.05, 0.1) is 5.92 Å². The molecule has 0 aromatic heterocycles. The van der Waals surface area contributed by atoms with Gasteiger partial charge in [-0.3, -0.25) is 4.79 Å². The maximum absolute atomic E-state index is 10.6. The molecule has 0 N–H and O–H groups in total. The van der Waals surface area contributed by atoms with E-state index in [-0.39, 0.29) is 11.9 Å². The molecule has 0 spiro atoms. The van der Waals surface area contributed by atoms with E-state index >= 15 is 0 Å². The Morgan fingerprint density at radius 2 is 2.38 bits per heavy atom. The fourth-order valence-corrected chi connectivity index (χ4v) is 1.52. The van der Waals surface area contributed by atoms with Crippen LogP contribution in [0, 0.1) is 5.92 Å². The van der Waals surface area contributed by atoms with E-state index in [2.05, 4.69) is 0 Å². The fourth-order valence-electron chi connectivity index (χ4n) is 1.52. The first-order chi connectivity index (χ1) is 3.86. The van der Waals surface area contributed by atoms with Gasteiger partial charge in [-0.2, -0.15) is 0 Å². The first kappa shape index (κ1) is 4.36. The normalized spacial score (nSPS) is 42.8. The minimum absolute atomic E-state index is 0.0428. The molecule has 1 unspecified atom stereocenters. The lowest BCUT2D eigenvalue weighted by Crippen LogP contribution is -2.13. The SMILES string of the molecule is O=C1OC2CC[C@@H]1C2. The average molecular weight is 112 g/mol. The van der Waals surface area contributed by atoms with Crippen molar-refractivity contribution in [2.75, 3.05) is 0 Å². The van der Waals surface area contributed by atoms with E-state index in [4.69, 9.17) is 4.74 Å². The summed E-state index contributed by atoms with van der Waals surface area (Å²) >= 11 is 0. The standard InChI is InChI=1S/C6H8O2/c7-6-4-1-2-5(3-4)8-6/h4-5H,1-3H2/t4-,5?/m1/s1. The molecular weight excluding hydrogens is 104 g/mol. The smallest absolute Gasteiger partial charge is 0.309 e. The van der Waals surface area contributed by atoms with Crippen LogP contribution in [0.15, 0.2) is 0 Å². The summed E-state index contributed by atoms with van der Waals surface area (Å²) in [5, 5.41) is 0. The second kappa shape index (κ2) is 1.24. The van der Waals surface area contributed by atoms with Crippen LogP contribution in [-0.2, 0) is 9.53 Å². The number of hydrogen-bond donors (Lipinski definition) is 0. The average Bonchev–Trinajstić information content (AvgIpc) is 2.23. The molecule has 1 saturated carbocycles. The Morgan fingerprint density at radius 1 is 1.50 bits per heavy atom. The van der Waals surface area contributed by atoms with Crippen LogP contribution in [0.4, 0.5) is 0 Å². The van der Waals surface area contributed by atoms with E-state index in [0.717, 1.165) is 19.3 Å². The Kier molecular flexibility index (Phi) is 0.678. The van der Waals surface area contributed by atoms with Gasteiger partial charge in [-0.05, 0) is 19.3 Å². The molecule has 44 valence electrons. The Balaban J connectivity index is 2.22. The van der Waals surface area contributed by atoms with Gasteiger partial charge in [-0.1, -0.05) is 0 Å². The van der Waals surface area contributed by atoms with Crippen molar-refractivity contribution in [3.63, 3.8) is 0 Å². The van der Waals surface area contributed by atoms with Gasteiger partial charge in [0.2, 0.25) is 0 Å². The van der Waals surface area contributed by atoms with Gasteiger partial charge in [0.15, 0.2) is 0 Å². The van der Waals surface area contributed by atoms with Crippen LogP contribution in [0.5, 0.6) is 0 Å². The van der Waals surface area contributed by atoms with E-state index in [1.165, 1.54) is 0 Å². The van der Waals surface area contributed by atoms with Crippen molar-refractivity contribution < 1.29 is 9.53 Å². The van der Waals surface area contributed by atoms with Gasteiger partial charge in [0.1, 0.15) is 6.10 Å². The van der Waals surface area contributed by atoms with Crippen molar-refractivity contribution in [3.05, 3.63) is 0 Å². The summed E-state index contributed by atoms with van der Waals surface area (Å²) in [6.07, 6.45) is 3.48. The van der Waals surface area contributed by atoms with Gasteiger partial charge in [0, 0.05) is 0 Å². The highest BCUT2D eigenvalue weighted by Crippen LogP contribution is 2.35. The van der Waals surface area contributed by atoms with E-state index in [1.54, 1.807) is 0 Å². The molecule has 2 rings (SSSR count). The van der Waals surface area contributed by atoms with Crippen molar-refractivity contribution in [1.29, 1.82) is 0 Å². The molecular formula is C6H8O2. The summed E-state index contributed by atoms with van der Waals surface area (Å²) in [6, 6.07) is 0. The highest BCUT2D eigenvalue weighted by atomic mass is 16.6. The zero-order valence-corrected chi connectivity index (χ0v) is 4.59. The van der Waals surface area contributed by atoms with Gasteiger partial charge >= 0.3 is 5.97 Å². The third-order valence-electron chi connectivity index (χ3n) is 2.00. The molecule has 2 fully saturated rings. The van der Waals surface area contributed by atoms with Crippen molar-refractivity contribution in [2.45, 2.75) is 25.4 Å². The van der Waals surface area contributed by atoms with Gasteiger partial charge < -0.3 is 4.74 Å². The third kappa shape index (κ3) is 0.403. The predicted octanol–water partition coefficient (Wildman–Crippen LogP) is 0.712.